The smallest absolute Gasteiger partial charge is 0.143 e. The Kier molecular flexibility index (Phi) is 4.35. The number of ether oxygens (including phenoxy) is 1. The second-order valence-electron chi connectivity index (χ2n) is 6.52. The first-order chi connectivity index (χ1) is 9.93. The van der Waals surface area contributed by atoms with Crippen LogP contribution in [-0.2, 0) is 6.42 Å². The van der Waals surface area contributed by atoms with E-state index >= 15 is 0 Å². The molecule has 0 bridgehead atoms. The monoisotopic (exact) mass is 347 g/mol. The van der Waals surface area contributed by atoms with Crippen LogP contribution in [-0.4, -0.2) is 31.1 Å². The normalized spacial score (nSPS) is 28.0. The topological polar surface area (TPSA) is 12.5 Å². The highest BCUT2D eigenvalue weighted by molar-refractivity contribution is 6.48. The van der Waals surface area contributed by atoms with Gasteiger partial charge in [0.1, 0.15) is 16.4 Å². The number of hydrogen-bond acceptors (Lipinski definition) is 2. The third kappa shape index (κ3) is 2.76. The average Bonchev–Trinajstić information content (AvgIpc) is 2.78. The lowest BCUT2D eigenvalue weighted by molar-refractivity contribution is -0.0149. The molecule has 2 atom stereocenters. The molecule has 0 radical (unpaired) electrons. The fourth-order valence-corrected chi connectivity index (χ4v) is 4.46. The van der Waals surface area contributed by atoms with E-state index in [9.17, 15) is 0 Å². The van der Waals surface area contributed by atoms with Crippen molar-refractivity contribution in [1.82, 2.24) is 4.90 Å². The van der Waals surface area contributed by atoms with Crippen LogP contribution in [0.2, 0.25) is 15.1 Å². The van der Waals surface area contributed by atoms with Crippen LogP contribution in [0.3, 0.4) is 0 Å². The summed E-state index contributed by atoms with van der Waals surface area (Å²) < 4.78 is 6.41. The fourth-order valence-electron chi connectivity index (χ4n) is 3.78. The zero-order valence-electron chi connectivity index (χ0n) is 12.4. The van der Waals surface area contributed by atoms with Crippen molar-refractivity contribution >= 4 is 34.8 Å². The van der Waals surface area contributed by atoms with Crippen LogP contribution in [0.1, 0.15) is 31.2 Å². The molecule has 1 fully saturated rings. The van der Waals surface area contributed by atoms with Gasteiger partial charge in [-0.15, -0.1) is 0 Å². The SMILES string of the molecule is CN(C)C[C@@H]1CCCC[C@]12Cc1cc(Cl)c(Cl)c(Cl)c1O2. The average molecular weight is 349 g/mol. The van der Waals surface area contributed by atoms with E-state index in [1.54, 1.807) is 0 Å². The summed E-state index contributed by atoms with van der Waals surface area (Å²) in [7, 11) is 4.23. The number of nitrogens with zero attached hydrogens (tertiary/aromatic N) is 1. The largest absolute Gasteiger partial charge is 0.485 e. The van der Waals surface area contributed by atoms with Gasteiger partial charge in [-0.1, -0.05) is 41.2 Å². The molecule has 2 nitrogen and oxygen atoms in total. The van der Waals surface area contributed by atoms with Gasteiger partial charge in [0.2, 0.25) is 0 Å². The van der Waals surface area contributed by atoms with Crippen LogP contribution in [0.4, 0.5) is 0 Å². The predicted octanol–water partition coefficient (Wildman–Crippen LogP) is 5.07. The highest BCUT2D eigenvalue weighted by Gasteiger charge is 2.48. The molecule has 1 saturated carbocycles. The van der Waals surface area contributed by atoms with E-state index in [1.807, 2.05) is 6.07 Å². The van der Waals surface area contributed by atoms with Gasteiger partial charge in [0.05, 0.1) is 10.0 Å². The summed E-state index contributed by atoms with van der Waals surface area (Å²) in [6.07, 6.45) is 5.64. The second kappa shape index (κ2) is 5.81. The van der Waals surface area contributed by atoms with Gasteiger partial charge in [-0.05, 0) is 39.4 Å². The number of hydrogen-bond donors (Lipinski definition) is 0. The van der Waals surface area contributed by atoms with Crippen molar-refractivity contribution in [1.29, 1.82) is 0 Å². The van der Waals surface area contributed by atoms with E-state index in [2.05, 4.69) is 19.0 Å². The van der Waals surface area contributed by atoms with Crippen LogP contribution in [0.25, 0.3) is 0 Å². The third-order valence-electron chi connectivity index (χ3n) is 4.72. The van der Waals surface area contributed by atoms with Crippen LogP contribution < -0.4 is 4.74 Å². The molecule has 1 aliphatic heterocycles. The minimum Gasteiger partial charge on any atom is -0.485 e. The molecule has 5 heteroatoms. The summed E-state index contributed by atoms with van der Waals surface area (Å²) in [5.74, 6) is 1.26. The molecule has 21 heavy (non-hydrogen) atoms. The molecular formula is C16H20Cl3NO. The Morgan fingerprint density at radius 3 is 2.71 bits per heavy atom. The maximum absolute atomic E-state index is 6.41. The number of fused-ring (bicyclic) bond motifs is 1. The van der Waals surface area contributed by atoms with E-state index in [0.29, 0.717) is 21.0 Å². The van der Waals surface area contributed by atoms with Gasteiger partial charge in [0.15, 0.2) is 0 Å². The van der Waals surface area contributed by atoms with Crippen molar-refractivity contribution in [2.24, 2.45) is 5.92 Å². The minimum absolute atomic E-state index is 0.136. The van der Waals surface area contributed by atoms with Crippen molar-refractivity contribution < 1.29 is 4.74 Å². The molecule has 1 aliphatic carbocycles. The fraction of sp³-hybridized carbons (Fsp3) is 0.625. The Labute approximate surface area is 141 Å². The van der Waals surface area contributed by atoms with Crippen molar-refractivity contribution in [2.75, 3.05) is 20.6 Å². The third-order valence-corrected chi connectivity index (χ3v) is 5.97. The zero-order valence-corrected chi connectivity index (χ0v) is 14.7. The molecule has 2 aliphatic rings. The minimum atomic E-state index is -0.136. The maximum atomic E-state index is 6.41. The van der Waals surface area contributed by atoms with E-state index in [4.69, 9.17) is 39.5 Å². The van der Waals surface area contributed by atoms with Crippen LogP contribution in [0.15, 0.2) is 6.07 Å². The lowest BCUT2D eigenvalue weighted by Crippen LogP contribution is -2.48. The quantitative estimate of drug-likeness (QED) is 0.692. The molecule has 0 amide bonds. The van der Waals surface area contributed by atoms with Gasteiger partial charge in [-0.3, -0.25) is 0 Å². The van der Waals surface area contributed by atoms with Crippen LogP contribution in [0, 0.1) is 5.92 Å². The molecule has 116 valence electrons. The van der Waals surface area contributed by atoms with Crippen molar-refractivity contribution in [3.05, 3.63) is 26.7 Å². The summed E-state index contributed by atoms with van der Waals surface area (Å²) in [6, 6.07) is 1.92. The predicted molar refractivity (Wildman–Crippen MR) is 89.0 cm³/mol. The molecule has 1 aromatic carbocycles. The van der Waals surface area contributed by atoms with Crippen molar-refractivity contribution in [3.63, 3.8) is 0 Å². The highest BCUT2D eigenvalue weighted by Crippen LogP contribution is 2.52. The van der Waals surface area contributed by atoms with Crippen molar-refractivity contribution in [3.8, 4) is 5.75 Å². The molecule has 3 rings (SSSR count). The second-order valence-corrected chi connectivity index (χ2v) is 7.69. The lowest BCUT2D eigenvalue weighted by atomic mass is 9.73. The molecule has 0 aromatic heterocycles. The molecule has 0 N–H and O–H groups in total. The Morgan fingerprint density at radius 1 is 1.24 bits per heavy atom. The Hall–Kier alpha value is -0.150. The van der Waals surface area contributed by atoms with Gasteiger partial charge >= 0.3 is 0 Å². The van der Waals surface area contributed by atoms with Crippen LogP contribution in [0.5, 0.6) is 5.75 Å². The number of halogens is 3. The van der Waals surface area contributed by atoms with Crippen molar-refractivity contribution in [2.45, 2.75) is 37.7 Å². The van der Waals surface area contributed by atoms with E-state index in [1.165, 1.54) is 19.3 Å². The van der Waals surface area contributed by atoms with E-state index in [0.717, 1.165) is 30.7 Å². The molecule has 1 aromatic rings. The van der Waals surface area contributed by atoms with E-state index < -0.39 is 0 Å². The Balaban J connectivity index is 1.95. The molecular weight excluding hydrogens is 329 g/mol. The lowest BCUT2D eigenvalue weighted by Gasteiger charge is -2.42. The number of rotatable bonds is 2. The maximum Gasteiger partial charge on any atom is 0.143 e. The first kappa shape index (κ1) is 15.7. The standard InChI is InChI=1S/C16H20Cl3NO/c1-20(2)9-11-5-3-4-6-16(11)8-10-7-12(17)13(18)14(19)15(10)21-16/h7,11H,3-6,8-9H2,1-2H3/t11-,16-/m0/s1. The summed E-state index contributed by atoms with van der Waals surface area (Å²) >= 11 is 18.7. The first-order valence-electron chi connectivity index (χ1n) is 7.43. The molecule has 1 spiro atoms. The summed E-state index contributed by atoms with van der Waals surface area (Å²) in [4.78, 5) is 2.24. The van der Waals surface area contributed by atoms with Gasteiger partial charge in [0, 0.05) is 24.4 Å². The molecule has 1 heterocycles. The van der Waals surface area contributed by atoms with Crippen LogP contribution >= 0.6 is 34.8 Å². The van der Waals surface area contributed by atoms with Gasteiger partial charge in [-0.2, -0.15) is 0 Å². The Bertz CT molecular complexity index is 561. The van der Waals surface area contributed by atoms with Gasteiger partial charge < -0.3 is 9.64 Å². The van der Waals surface area contributed by atoms with Gasteiger partial charge in [-0.25, -0.2) is 0 Å². The highest BCUT2D eigenvalue weighted by atomic mass is 35.5. The van der Waals surface area contributed by atoms with E-state index in [-0.39, 0.29) is 5.60 Å². The first-order valence-corrected chi connectivity index (χ1v) is 8.56. The summed E-state index contributed by atoms with van der Waals surface area (Å²) in [5, 5.41) is 1.38. The zero-order chi connectivity index (χ0) is 15.2. The summed E-state index contributed by atoms with van der Waals surface area (Å²) in [5.41, 5.74) is 0.961. The summed E-state index contributed by atoms with van der Waals surface area (Å²) in [6.45, 7) is 1.03. The van der Waals surface area contributed by atoms with Gasteiger partial charge in [0.25, 0.3) is 0 Å². The number of benzene rings is 1. The molecule has 0 unspecified atom stereocenters. The Morgan fingerprint density at radius 2 is 2.00 bits per heavy atom. The molecule has 0 saturated heterocycles.